The van der Waals surface area contributed by atoms with E-state index < -0.39 is 11.8 Å². The van der Waals surface area contributed by atoms with Gasteiger partial charge < -0.3 is 30.5 Å². The second kappa shape index (κ2) is 26.2. The quantitative estimate of drug-likeness (QED) is 0.0828. The molecule has 0 amide bonds. The Morgan fingerprint density at radius 2 is 1.09 bits per heavy atom. The summed E-state index contributed by atoms with van der Waals surface area (Å²) < 4.78 is 43.3. The van der Waals surface area contributed by atoms with Crippen molar-refractivity contribution in [3.05, 3.63) is 131 Å². The van der Waals surface area contributed by atoms with E-state index in [1.54, 1.807) is 79.3 Å². The minimum Gasteiger partial charge on any atom is -0.475 e. The number of carboxylic acid groups (broad SMARTS) is 1. The normalized spacial score (nSPS) is 11.8. The highest BCUT2D eigenvalue weighted by Crippen LogP contribution is 2.32. The van der Waals surface area contributed by atoms with Crippen LogP contribution in [0, 0.1) is 25.5 Å². The highest BCUT2D eigenvalue weighted by Gasteiger charge is 2.25. The fraction of sp³-hybridized carbons (Fsp3) is 0.396. The molecule has 400 valence electrons. The fourth-order valence-corrected chi connectivity index (χ4v) is 6.95. The van der Waals surface area contributed by atoms with Crippen molar-refractivity contribution in [1.29, 1.82) is 0 Å². The Bertz CT molecular complexity index is 3150. The van der Waals surface area contributed by atoms with Crippen molar-refractivity contribution in [2.45, 2.75) is 126 Å². The van der Waals surface area contributed by atoms with Gasteiger partial charge in [0.25, 0.3) is 0 Å². The summed E-state index contributed by atoms with van der Waals surface area (Å²) in [7, 11) is 3.61. The maximum atomic E-state index is 15.4. The number of hydrogen-bond donors (Lipinski definition) is 4. The molecule has 2 aromatic carbocycles. The zero-order valence-corrected chi connectivity index (χ0v) is 45.6. The van der Waals surface area contributed by atoms with Gasteiger partial charge in [0.2, 0.25) is 29.2 Å². The first-order valence-corrected chi connectivity index (χ1v) is 24.3. The number of aryl methyl sites for hydroxylation is 2. The van der Waals surface area contributed by atoms with Gasteiger partial charge >= 0.3 is 5.97 Å². The number of aromatic nitrogens is 12. The number of carboxylic acids is 1. The molecule has 0 saturated carbocycles. The van der Waals surface area contributed by atoms with E-state index in [2.05, 4.69) is 65.6 Å². The van der Waals surface area contributed by atoms with Crippen LogP contribution in [0.15, 0.2) is 82.9 Å². The number of nitrogens with one attached hydrogen (secondary N) is 2. The number of carbonyl (C=O) groups excluding carboxylic acids is 1. The first-order chi connectivity index (χ1) is 35.4. The number of carbonyl (C=O) groups is 2. The van der Waals surface area contributed by atoms with Crippen molar-refractivity contribution in [2.24, 2.45) is 19.8 Å². The summed E-state index contributed by atoms with van der Waals surface area (Å²) in [5, 5.41) is 30.4. The van der Waals surface area contributed by atoms with Crippen LogP contribution in [0.4, 0.5) is 32.1 Å². The molecule has 8 rings (SSSR count). The van der Waals surface area contributed by atoms with E-state index in [0.29, 0.717) is 34.0 Å². The summed E-state index contributed by atoms with van der Waals surface area (Å²) >= 11 is 0. The smallest absolute Gasteiger partial charge is 0.374 e. The molecule has 0 radical (unpaired) electrons. The van der Waals surface area contributed by atoms with Crippen molar-refractivity contribution in [3.63, 3.8) is 0 Å². The van der Waals surface area contributed by atoms with Crippen molar-refractivity contribution in [2.75, 3.05) is 10.6 Å². The molecule has 0 bridgehead atoms. The average molecular weight is 1030 g/mol. The SMILES string of the molecule is CC.CC.CC(C)(C)c1cc(C(=O)O)on1.Cc1c([C@@H](C)CC(=O)c2cc(C(C)(C)C)no2)ccc(-c2ncnc(Nc3cnn(C)c3)n2)c1F.Cc1c([C@@H](C)N)ccc(-c2ncnc(Nc3cnn(C)c3)n2)c1F. The lowest BCUT2D eigenvalue weighted by molar-refractivity contribution is 0.0651. The molecule has 8 aromatic rings. The summed E-state index contributed by atoms with van der Waals surface area (Å²) in [5.41, 5.74) is 11.3. The third-order valence-corrected chi connectivity index (χ3v) is 11.0. The second-order valence-electron chi connectivity index (χ2n) is 18.9. The maximum absolute atomic E-state index is 15.4. The van der Waals surface area contributed by atoms with Gasteiger partial charge in [-0.25, -0.2) is 33.5 Å². The highest BCUT2D eigenvalue weighted by molar-refractivity contribution is 5.94. The van der Waals surface area contributed by atoms with Crippen LogP contribution in [0.1, 0.15) is 156 Å². The molecule has 0 spiro atoms. The first-order valence-electron chi connectivity index (χ1n) is 24.3. The molecule has 0 saturated heterocycles. The third-order valence-electron chi connectivity index (χ3n) is 11.0. The molecule has 0 aliphatic heterocycles. The summed E-state index contributed by atoms with van der Waals surface area (Å²) in [6.07, 6.45) is 9.67. The average Bonchev–Trinajstić information content (AvgIpc) is 4.22. The Balaban J connectivity index is 0.000000262. The van der Waals surface area contributed by atoms with Gasteiger partial charge in [-0.1, -0.05) is 98.6 Å². The van der Waals surface area contributed by atoms with Crippen molar-refractivity contribution in [1.82, 2.24) is 59.8 Å². The second-order valence-corrected chi connectivity index (χ2v) is 18.9. The maximum Gasteiger partial charge on any atom is 0.374 e. The van der Waals surface area contributed by atoms with Gasteiger partial charge in [0.05, 0.1) is 46.3 Å². The number of nitrogens with two attached hydrogens (primary N) is 1. The monoisotopic (exact) mass is 1030 g/mol. The van der Waals surface area contributed by atoms with Crippen LogP contribution < -0.4 is 16.4 Å². The lowest BCUT2D eigenvalue weighted by Gasteiger charge is -2.16. The minimum absolute atomic E-state index is 0.111. The number of anilines is 4. The Labute approximate surface area is 436 Å². The van der Waals surface area contributed by atoms with E-state index in [-0.39, 0.29) is 75.5 Å². The Kier molecular flexibility index (Phi) is 20.7. The van der Waals surface area contributed by atoms with E-state index in [1.807, 2.05) is 96.2 Å². The molecular formula is C53H69F2N15O5. The van der Waals surface area contributed by atoms with Crippen LogP contribution in [0.5, 0.6) is 0 Å². The van der Waals surface area contributed by atoms with Crippen LogP contribution in [-0.2, 0) is 24.9 Å². The predicted molar refractivity (Wildman–Crippen MR) is 283 cm³/mol. The van der Waals surface area contributed by atoms with E-state index in [9.17, 15) is 14.0 Å². The minimum atomic E-state index is -1.09. The number of nitrogens with zero attached hydrogens (tertiary/aromatic N) is 12. The first kappa shape index (κ1) is 59.4. The lowest BCUT2D eigenvalue weighted by atomic mass is 9.89. The fourth-order valence-electron chi connectivity index (χ4n) is 6.95. The van der Waals surface area contributed by atoms with Gasteiger partial charge in [-0.3, -0.25) is 14.2 Å². The van der Waals surface area contributed by atoms with Gasteiger partial charge in [-0.2, -0.15) is 20.2 Å². The topological polar surface area (TPSA) is 269 Å². The standard InChI is InChI=1S/C25H28FN7O2.C16H18FN7.C8H11NO3.2C2H6/c1-14(9-19(34)20-10-21(32-35-20)25(3,4)5)17-7-8-18(22(26)15(17)2)23-27-13-28-24(31-23)30-16-11-29-33(6)12-16;1-9-12(10(2)18)4-5-13(14(9)17)15-19-8-20-16(23-15)22-11-6-21-24(3)7-11;1-8(2,3)6-4-5(7(10)11)12-9-6;2*1-2/h7-8,10-14H,9H2,1-6H3,(H,27,28,30,31);4-8,10H,18H2,1-3H3,(H,19,20,22,23);4H,1-3H3,(H,10,11);2*1-2H3/t14-;10-;;;/m01.../s1. The largest absolute Gasteiger partial charge is 0.475 e. The molecule has 6 heterocycles. The van der Waals surface area contributed by atoms with Crippen molar-refractivity contribution in [3.8, 4) is 22.8 Å². The number of halogens is 2. The van der Waals surface area contributed by atoms with Crippen LogP contribution in [0.2, 0.25) is 0 Å². The molecule has 20 nitrogen and oxygen atoms in total. The third kappa shape index (κ3) is 15.9. The number of benzene rings is 2. The molecular weight excluding hydrogens is 965 g/mol. The lowest BCUT2D eigenvalue weighted by Crippen LogP contribution is -2.11. The summed E-state index contributed by atoms with van der Waals surface area (Å²) in [4.78, 5) is 48.2. The Hall–Kier alpha value is -8.14. The van der Waals surface area contributed by atoms with Crippen molar-refractivity contribution >= 4 is 35.0 Å². The van der Waals surface area contributed by atoms with Gasteiger partial charge in [0, 0.05) is 61.9 Å². The van der Waals surface area contributed by atoms with Crippen LogP contribution >= 0.6 is 0 Å². The molecule has 22 heteroatoms. The van der Waals surface area contributed by atoms with Gasteiger partial charge in [0.1, 0.15) is 24.3 Å². The zero-order chi connectivity index (χ0) is 55.9. The summed E-state index contributed by atoms with van der Waals surface area (Å²) in [5.74, 6) is -1.12. The number of Topliss-reactive ketones (excluding diaryl/α,β-unsaturated/α-hetero) is 1. The Morgan fingerprint density at radius 1 is 0.680 bits per heavy atom. The highest BCUT2D eigenvalue weighted by atomic mass is 19.1. The van der Waals surface area contributed by atoms with E-state index in [4.69, 9.17) is 15.4 Å². The summed E-state index contributed by atoms with van der Waals surface area (Å²) in [6, 6.07) is 9.78. The molecule has 0 aliphatic carbocycles. The molecule has 5 N–H and O–H groups in total. The number of hydrogen-bond acceptors (Lipinski definition) is 17. The van der Waals surface area contributed by atoms with E-state index >= 15 is 4.39 Å². The molecule has 2 atom stereocenters. The van der Waals surface area contributed by atoms with E-state index in [1.165, 1.54) is 18.7 Å². The number of rotatable bonds is 12. The van der Waals surface area contributed by atoms with Gasteiger partial charge in [-0.15, -0.1) is 0 Å². The predicted octanol–water partition coefficient (Wildman–Crippen LogP) is 11.3. The van der Waals surface area contributed by atoms with Crippen molar-refractivity contribution < 1.29 is 32.5 Å². The van der Waals surface area contributed by atoms with Crippen LogP contribution in [0.25, 0.3) is 22.8 Å². The van der Waals surface area contributed by atoms with Gasteiger partial charge in [-0.05, 0) is 61.1 Å². The van der Waals surface area contributed by atoms with Crippen LogP contribution in [-0.4, -0.2) is 76.6 Å². The number of aromatic carboxylic acids is 1. The number of ketones is 1. The zero-order valence-electron chi connectivity index (χ0n) is 45.6. The molecule has 6 aromatic heterocycles. The molecule has 75 heavy (non-hydrogen) atoms. The molecule has 0 unspecified atom stereocenters. The van der Waals surface area contributed by atoms with E-state index in [0.717, 1.165) is 22.5 Å². The van der Waals surface area contributed by atoms with Gasteiger partial charge in [0.15, 0.2) is 11.6 Å². The molecule has 0 fully saturated rings. The molecule has 0 aliphatic rings. The summed E-state index contributed by atoms with van der Waals surface area (Å²) in [6.45, 7) is 26.9. The van der Waals surface area contributed by atoms with Crippen LogP contribution in [0.3, 0.4) is 0 Å². The Morgan fingerprint density at radius 3 is 1.47 bits per heavy atom.